The third-order valence-electron chi connectivity index (χ3n) is 6.68. The van der Waals surface area contributed by atoms with Crippen LogP contribution >= 0.6 is 0 Å². The number of alkyl halides is 2. The number of alkyl carbamates (subject to hydrolysis) is 1. The van der Waals surface area contributed by atoms with E-state index in [0.29, 0.717) is 0 Å². The van der Waals surface area contributed by atoms with E-state index < -0.39 is 29.4 Å². The first-order chi connectivity index (χ1) is 14.7. The van der Waals surface area contributed by atoms with Crippen LogP contribution in [0.5, 0.6) is 0 Å². The zero-order valence-electron chi connectivity index (χ0n) is 17.2. The molecule has 1 amide bonds. The quantitative estimate of drug-likeness (QED) is 0.686. The Balaban J connectivity index is 1.46. The standard InChI is InChI=1S/C24H25F2NO4/c1-23(21(28)29,15-10-12-24(25,26)13-11-15)27-22(30)31-14-20-18-8-4-2-6-16(18)17-7-3-5-9-19(17)20/h2-9,15,20H,10-14H2,1H3,(H,27,30)(H,28,29). The Morgan fingerprint density at radius 2 is 1.58 bits per heavy atom. The lowest BCUT2D eigenvalue weighted by molar-refractivity contribution is -0.149. The topological polar surface area (TPSA) is 75.6 Å². The van der Waals surface area contributed by atoms with Crippen molar-refractivity contribution in [2.24, 2.45) is 5.92 Å². The van der Waals surface area contributed by atoms with E-state index >= 15 is 0 Å². The maximum absolute atomic E-state index is 13.5. The first kappa shape index (κ1) is 21.3. The van der Waals surface area contributed by atoms with Crippen LogP contribution in [0.15, 0.2) is 48.5 Å². The second kappa shape index (κ2) is 7.94. The van der Waals surface area contributed by atoms with Gasteiger partial charge >= 0.3 is 12.1 Å². The lowest BCUT2D eigenvalue weighted by atomic mass is 9.74. The molecule has 1 atom stereocenters. The van der Waals surface area contributed by atoms with E-state index in [1.165, 1.54) is 6.92 Å². The molecule has 7 heteroatoms. The summed E-state index contributed by atoms with van der Waals surface area (Å²) in [6.45, 7) is 1.42. The number of rotatable bonds is 5. The molecule has 164 valence electrons. The van der Waals surface area contributed by atoms with Crippen molar-refractivity contribution in [1.82, 2.24) is 5.32 Å². The molecule has 5 nitrogen and oxygen atoms in total. The minimum Gasteiger partial charge on any atom is -0.480 e. The van der Waals surface area contributed by atoms with Crippen LogP contribution in [0, 0.1) is 5.92 Å². The van der Waals surface area contributed by atoms with Gasteiger partial charge in [0.1, 0.15) is 12.1 Å². The zero-order chi connectivity index (χ0) is 22.2. The highest BCUT2D eigenvalue weighted by atomic mass is 19.3. The van der Waals surface area contributed by atoms with Gasteiger partial charge in [-0.1, -0.05) is 48.5 Å². The van der Waals surface area contributed by atoms with Crippen LogP contribution in [0.2, 0.25) is 0 Å². The number of ether oxygens (including phenoxy) is 1. The Morgan fingerprint density at radius 1 is 1.06 bits per heavy atom. The Morgan fingerprint density at radius 3 is 2.10 bits per heavy atom. The van der Waals surface area contributed by atoms with Gasteiger partial charge in [-0.3, -0.25) is 0 Å². The molecular weight excluding hydrogens is 404 g/mol. The van der Waals surface area contributed by atoms with Crippen LogP contribution in [0.4, 0.5) is 13.6 Å². The number of carboxylic acid groups (broad SMARTS) is 1. The van der Waals surface area contributed by atoms with E-state index in [-0.39, 0.29) is 38.2 Å². The molecule has 2 N–H and O–H groups in total. The number of aliphatic carboxylic acids is 1. The number of hydrogen-bond donors (Lipinski definition) is 2. The fourth-order valence-electron chi connectivity index (χ4n) is 4.79. The highest BCUT2D eigenvalue weighted by Gasteiger charge is 2.48. The van der Waals surface area contributed by atoms with Crippen molar-refractivity contribution in [3.05, 3.63) is 59.7 Å². The molecule has 0 spiro atoms. The van der Waals surface area contributed by atoms with Crippen molar-refractivity contribution in [3.63, 3.8) is 0 Å². The normalized spacial score (nSPS) is 19.7. The molecular formula is C24H25F2NO4. The summed E-state index contributed by atoms with van der Waals surface area (Å²) >= 11 is 0. The van der Waals surface area contributed by atoms with Gasteiger partial charge in [0.05, 0.1) is 0 Å². The lowest BCUT2D eigenvalue weighted by Crippen LogP contribution is -2.58. The lowest BCUT2D eigenvalue weighted by Gasteiger charge is -2.38. The number of carbonyl (C=O) groups is 2. The summed E-state index contributed by atoms with van der Waals surface area (Å²) in [6.07, 6.45) is -1.57. The van der Waals surface area contributed by atoms with E-state index in [9.17, 15) is 23.5 Å². The molecule has 2 aromatic carbocycles. The van der Waals surface area contributed by atoms with Crippen LogP contribution in [0.1, 0.15) is 49.7 Å². The van der Waals surface area contributed by atoms with E-state index in [1.807, 2.05) is 48.5 Å². The largest absolute Gasteiger partial charge is 0.480 e. The average Bonchev–Trinajstić information content (AvgIpc) is 3.06. The number of halogens is 2. The summed E-state index contributed by atoms with van der Waals surface area (Å²) < 4.78 is 32.5. The summed E-state index contributed by atoms with van der Waals surface area (Å²) in [4.78, 5) is 24.5. The molecule has 0 saturated heterocycles. The van der Waals surface area contributed by atoms with Crippen LogP contribution in [-0.4, -0.2) is 35.2 Å². The Hall–Kier alpha value is -2.96. The Labute approximate surface area is 179 Å². The third-order valence-corrected chi connectivity index (χ3v) is 6.68. The average molecular weight is 429 g/mol. The Kier molecular flexibility index (Phi) is 5.45. The molecule has 1 unspecified atom stereocenters. The predicted molar refractivity (Wildman–Crippen MR) is 111 cm³/mol. The molecule has 0 bridgehead atoms. The van der Waals surface area contributed by atoms with Gasteiger partial charge in [0.15, 0.2) is 0 Å². The van der Waals surface area contributed by atoms with Crippen molar-refractivity contribution < 1.29 is 28.2 Å². The summed E-state index contributed by atoms with van der Waals surface area (Å²) in [5.74, 6) is -4.77. The molecule has 2 aliphatic rings. The smallest absolute Gasteiger partial charge is 0.408 e. The van der Waals surface area contributed by atoms with Crippen LogP contribution in [-0.2, 0) is 9.53 Å². The first-order valence-electron chi connectivity index (χ1n) is 10.5. The fraction of sp³-hybridized carbons (Fsp3) is 0.417. The highest BCUT2D eigenvalue weighted by molar-refractivity contribution is 5.84. The van der Waals surface area contributed by atoms with Crippen molar-refractivity contribution in [2.75, 3.05) is 6.61 Å². The molecule has 31 heavy (non-hydrogen) atoms. The number of amides is 1. The van der Waals surface area contributed by atoms with E-state index in [2.05, 4.69) is 5.32 Å². The molecule has 1 fully saturated rings. The first-order valence-corrected chi connectivity index (χ1v) is 10.5. The summed E-state index contributed by atoms with van der Waals surface area (Å²) in [7, 11) is 0. The number of carboxylic acids is 1. The van der Waals surface area contributed by atoms with Crippen LogP contribution in [0.25, 0.3) is 11.1 Å². The van der Waals surface area contributed by atoms with Crippen molar-refractivity contribution in [2.45, 2.75) is 50.0 Å². The van der Waals surface area contributed by atoms with Crippen LogP contribution < -0.4 is 5.32 Å². The van der Waals surface area contributed by atoms with E-state index in [0.717, 1.165) is 22.3 Å². The summed E-state index contributed by atoms with van der Waals surface area (Å²) in [5.41, 5.74) is 2.61. The zero-order valence-corrected chi connectivity index (χ0v) is 17.2. The van der Waals surface area contributed by atoms with Crippen molar-refractivity contribution >= 4 is 12.1 Å². The fourth-order valence-corrected chi connectivity index (χ4v) is 4.79. The molecule has 1 saturated carbocycles. The molecule has 0 aliphatic heterocycles. The SMILES string of the molecule is CC(NC(=O)OCC1c2ccccc2-c2ccccc21)(C(=O)O)C1CCC(F)(F)CC1. The minimum absolute atomic E-state index is 0.0272. The van der Waals surface area contributed by atoms with Gasteiger partial charge in [0.25, 0.3) is 0 Å². The highest BCUT2D eigenvalue weighted by Crippen LogP contribution is 2.45. The summed E-state index contributed by atoms with van der Waals surface area (Å²) in [5, 5.41) is 12.2. The molecule has 0 radical (unpaired) electrons. The molecule has 0 heterocycles. The molecule has 4 rings (SSSR count). The third kappa shape index (κ3) is 4.01. The maximum atomic E-state index is 13.5. The van der Waals surface area contributed by atoms with Crippen LogP contribution in [0.3, 0.4) is 0 Å². The minimum atomic E-state index is -2.78. The van der Waals surface area contributed by atoms with Crippen molar-refractivity contribution in [1.29, 1.82) is 0 Å². The predicted octanol–water partition coefficient (Wildman–Crippen LogP) is 5.19. The summed E-state index contributed by atoms with van der Waals surface area (Å²) in [6, 6.07) is 15.8. The van der Waals surface area contributed by atoms with Gasteiger partial charge < -0.3 is 15.2 Å². The molecule has 2 aromatic rings. The van der Waals surface area contributed by atoms with Gasteiger partial charge in [-0.2, -0.15) is 0 Å². The monoisotopic (exact) mass is 429 g/mol. The van der Waals surface area contributed by atoms with Gasteiger partial charge in [0, 0.05) is 18.8 Å². The second-order valence-electron chi connectivity index (χ2n) is 8.59. The Bertz CT molecular complexity index is 953. The van der Waals surface area contributed by atoms with Gasteiger partial charge in [-0.05, 0) is 47.9 Å². The number of nitrogens with one attached hydrogen (secondary N) is 1. The molecule has 0 aromatic heterocycles. The second-order valence-corrected chi connectivity index (χ2v) is 8.59. The van der Waals surface area contributed by atoms with Gasteiger partial charge in [-0.15, -0.1) is 0 Å². The van der Waals surface area contributed by atoms with E-state index in [1.54, 1.807) is 0 Å². The maximum Gasteiger partial charge on any atom is 0.408 e. The number of hydrogen-bond acceptors (Lipinski definition) is 3. The van der Waals surface area contributed by atoms with Gasteiger partial charge in [-0.25, -0.2) is 18.4 Å². The van der Waals surface area contributed by atoms with Crippen molar-refractivity contribution in [3.8, 4) is 11.1 Å². The van der Waals surface area contributed by atoms with E-state index in [4.69, 9.17) is 4.74 Å². The number of fused-ring (bicyclic) bond motifs is 3. The molecule has 2 aliphatic carbocycles. The number of carbonyl (C=O) groups excluding carboxylic acids is 1. The van der Waals surface area contributed by atoms with Gasteiger partial charge in [0.2, 0.25) is 5.92 Å². The number of benzene rings is 2.